The van der Waals surface area contributed by atoms with Crippen molar-refractivity contribution in [3.63, 3.8) is 0 Å². The molecule has 35 heavy (non-hydrogen) atoms. The highest BCUT2D eigenvalue weighted by Gasteiger charge is 2.39. The molecular weight excluding hydrogens is 422 g/mol. The molecule has 1 fully saturated rings. The summed E-state index contributed by atoms with van der Waals surface area (Å²) in [5.74, 6) is 3.20. The Morgan fingerprint density at radius 1 is 0.543 bits per heavy atom. The van der Waals surface area contributed by atoms with Gasteiger partial charge in [-0.1, -0.05) is 162 Å². The van der Waals surface area contributed by atoms with Crippen LogP contribution in [0.25, 0.3) is 0 Å². The zero-order valence-corrected chi connectivity index (χ0v) is 25.4. The van der Waals surface area contributed by atoms with Crippen LogP contribution < -0.4 is 0 Å². The maximum atomic E-state index is 2.56. The lowest BCUT2D eigenvalue weighted by Crippen LogP contribution is -2.27. The van der Waals surface area contributed by atoms with Crippen LogP contribution in [-0.4, -0.2) is 25.0 Å². The Kier molecular flexibility index (Phi) is 21.8. The third-order valence-corrected chi connectivity index (χ3v) is 9.20. The van der Waals surface area contributed by atoms with Crippen molar-refractivity contribution in [3.05, 3.63) is 0 Å². The van der Waals surface area contributed by atoms with Crippen molar-refractivity contribution in [2.45, 2.75) is 187 Å². The second kappa shape index (κ2) is 23.1. The van der Waals surface area contributed by atoms with E-state index in [1.165, 1.54) is 154 Å². The van der Waals surface area contributed by atoms with Gasteiger partial charge in [0.1, 0.15) is 0 Å². The zero-order chi connectivity index (χ0) is 25.6. The molecule has 0 saturated heterocycles. The van der Waals surface area contributed by atoms with Crippen LogP contribution in [0.3, 0.4) is 0 Å². The molecule has 1 aliphatic carbocycles. The summed E-state index contributed by atoms with van der Waals surface area (Å²) < 4.78 is 0. The van der Waals surface area contributed by atoms with E-state index in [2.05, 4.69) is 39.8 Å². The molecule has 0 heterocycles. The van der Waals surface area contributed by atoms with Gasteiger partial charge in [0.05, 0.1) is 0 Å². The molecule has 0 N–H and O–H groups in total. The molecule has 1 saturated carbocycles. The van der Waals surface area contributed by atoms with Gasteiger partial charge in [-0.25, -0.2) is 0 Å². The number of nitrogens with zero attached hydrogens (tertiary/aromatic N) is 1. The van der Waals surface area contributed by atoms with E-state index in [-0.39, 0.29) is 0 Å². The first kappa shape index (κ1) is 33.0. The van der Waals surface area contributed by atoms with Gasteiger partial charge in [0, 0.05) is 6.04 Å². The topological polar surface area (TPSA) is 3.24 Å². The Bertz CT molecular complexity index is 430. The lowest BCUT2D eigenvalue weighted by Gasteiger charge is -2.24. The summed E-state index contributed by atoms with van der Waals surface area (Å²) in [6, 6.07) is 0.819. The molecule has 0 aromatic carbocycles. The van der Waals surface area contributed by atoms with Crippen LogP contribution in [0.2, 0.25) is 0 Å². The summed E-state index contributed by atoms with van der Waals surface area (Å²) in [5, 5.41) is 0. The minimum absolute atomic E-state index is 0.819. The highest BCUT2D eigenvalue weighted by Crippen LogP contribution is 2.48. The largest absolute Gasteiger partial charge is 0.306 e. The highest BCUT2D eigenvalue weighted by atomic mass is 15.1. The van der Waals surface area contributed by atoms with E-state index in [4.69, 9.17) is 0 Å². The van der Waals surface area contributed by atoms with E-state index in [9.17, 15) is 0 Å². The Morgan fingerprint density at radius 2 is 0.943 bits per heavy atom. The average Bonchev–Trinajstić information content (AvgIpc) is 3.62. The molecule has 0 radical (unpaired) electrons. The predicted octanol–water partition coefficient (Wildman–Crippen LogP) is 11.6. The van der Waals surface area contributed by atoms with E-state index < -0.39 is 0 Å². The molecule has 0 bridgehead atoms. The molecule has 0 aromatic heterocycles. The van der Waals surface area contributed by atoms with Crippen molar-refractivity contribution < 1.29 is 0 Å². The third kappa shape index (κ3) is 18.8. The van der Waals surface area contributed by atoms with Crippen molar-refractivity contribution in [2.24, 2.45) is 17.8 Å². The first-order valence-corrected chi connectivity index (χ1v) is 16.8. The van der Waals surface area contributed by atoms with Gasteiger partial charge in [-0.15, -0.1) is 0 Å². The molecule has 210 valence electrons. The maximum Gasteiger partial charge on any atom is 0.00891 e. The summed E-state index contributed by atoms with van der Waals surface area (Å²) in [4.78, 5) is 2.50. The molecule has 1 heteroatoms. The lowest BCUT2D eigenvalue weighted by molar-refractivity contribution is 0.251. The van der Waals surface area contributed by atoms with Gasteiger partial charge in [0.2, 0.25) is 0 Å². The minimum atomic E-state index is 0.819. The lowest BCUT2D eigenvalue weighted by atomic mass is 9.95. The number of hydrogen-bond acceptors (Lipinski definition) is 1. The fourth-order valence-electron chi connectivity index (χ4n) is 6.43. The van der Waals surface area contributed by atoms with Gasteiger partial charge in [-0.2, -0.15) is 0 Å². The number of rotatable bonds is 27. The van der Waals surface area contributed by atoms with E-state index >= 15 is 0 Å². The molecule has 2 unspecified atom stereocenters. The van der Waals surface area contributed by atoms with E-state index in [0.717, 1.165) is 23.8 Å². The zero-order valence-electron chi connectivity index (χ0n) is 25.4. The SMILES string of the molecule is CCCCCCCCCC(CCCCCCCCCC(C)[C@H]1C[C@H]1CCCCCCCC)N(C)C. The van der Waals surface area contributed by atoms with Crippen LogP contribution in [-0.2, 0) is 0 Å². The van der Waals surface area contributed by atoms with Crippen molar-refractivity contribution in [2.75, 3.05) is 14.1 Å². The fourth-order valence-corrected chi connectivity index (χ4v) is 6.43. The standard InChI is InChI=1S/C34H69N/c1-6-8-10-12-15-20-24-28-33(35(4)5)29-25-21-17-14-16-18-22-26-31(3)34-30-32(34)27-23-19-13-11-9-7-2/h31-34H,6-30H2,1-5H3/t31?,32-,33?,34-/m1/s1. The van der Waals surface area contributed by atoms with Gasteiger partial charge in [-0.05, 0) is 51.1 Å². The Labute approximate surface area is 224 Å². The Balaban J connectivity index is 1.89. The van der Waals surface area contributed by atoms with Gasteiger partial charge in [-0.3, -0.25) is 0 Å². The van der Waals surface area contributed by atoms with Crippen LogP contribution >= 0.6 is 0 Å². The van der Waals surface area contributed by atoms with E-state index in [1.54, 1.807) is 6.42 Å². The molecule has 0 amide bonds. The van der Waals surface area contributed by atoms with Crippen LogP contribution in [0.4, 0.5) is 0 Å². The molecule has 0 spiro atoms. The van der Waals surface area contributed by atoms with Crippen molar-refractivity contribution in [1.29, 1.82) is 0 Å². The summed E-state index contributed by atoms with van der Waals surface area (Å²) in [7, 11) is 4.59. The second-order valence-corrected chi connectivity index (χ2v) is 12.8. The molecule has 4 atom stereocenters. The van der Waals surface area contributed by atoms with E-state index in [1.807, 2.05) is 0 Å². The van der Waals surface area contributed by atoms with Gasteiger partial charge < -0.3 is 4.90 Å². The number of unbranched alkanes of at least 4 members (excludes halogenated alkanes) is 17. The molecule has 1 rings (SSSR count). The maximum absolute atomic E-state index is 2.56. The molecular formula is C34H69N. The minimum Gasteiger partial charge on any atom is -0.306 e. The molecule has 1 nitrogen and oxygen atoms in total. The van der Waals surface area contributed by atoms with Crippen molar-refractivity contribution in [1.82, 2.24) is 4.90 Å². The van der Waals surface area contributed by atoms with Gasteiger partial charge >= 0.3 is 0 Å². The first-order chi connectivity index (χ1) is 17.1. The summed E-state index contributed by atoms with van der Waals surface area (Å²) in [6.45, 7) is 7.18. The van der Waals surface area contributed by atoms with Crippen LogP contribution in [0, 0.1) is 17.8 Å². The Morgan fingerprint density at radius 3 is 1.40 bits per heavy atom. The summed E-state index contributed by atoms with van der Waals surface area (Å²) >= 11 is 0. The predicted molar refractivity (Wildman–Crippen MR) is 160 cm³/mol. The quantitative estimate of drug-likeness (QED) is 0.103. The molecule has 0 aromatic rings. The van der Waals surface area contributed by atoms with Crippen LogP contribution in [0.1, 0.15) is 181 Å². The summed E-state index contributed by atoms with van der Waals surface area (Å²) in [6.07, 6.45) is 36.5. The molecule has 0 aliphatic heterocycles. The van der Waals surface area contributed by atoms with Crippen molar-refractivity contribution in [3.8, 4) is 0 Å². The third-order valence-electron chi connectivity index (χ3n) is 9.20. The first-order valence-electron chi connectivity index (χ1n) is 16.8. The summed E-state index contributed by atoms with van der Waals surface area (Å²) in [5.41, 5.74) is 0. The normalized spacial score (nSPS) is 19.4. The number of hydrogen-bond donors (Lipinski definition) is 0. The van der Waals surface area contributed by atoms with Gasteiger partial charge in [0.25, 0.3) is 0 Å². The average molecular weight is 492 g/mol. The smallest absolute Gasteiger partial charge is 0.00891 e. The van der Waals surface area contributed by atoms with Gasteiger partial charge in [0.15, 0.2) is 0 Å². The van der Waals surface area contributed by atoms with Crippen molar-refractivity contribution >= 4 is 0 Å². The van der Waals surface area contributed by atoms with E-state index in [0.29, 0.717) is 0 Å². The van der Waals surface area contributed by atoms with Crippen LogP contribution in [0.15, 0.2) is 0 Å². The monoisotopic (exact) mass is 492 g/mol. The fraction of sp³-hybridized carbons (Fsp3) is 1.00. The second-order valence-electron chi connectivity index (χ2n) is 12.8. The Hall–Kier alpha value is -0.0400. The van der Waals surface area contributed by atoms with Crippen LogP contribution in [0.5, 0.6) is 0 Å². The molecule has 1 aliphatic rings. The highest BCUT2D eigenvalue weighted by molar-refractivity contribution is 4.89.